The van der Waals surface area contributed by atoms with Crippen LogP contribution in [0.15, 0.2) is 200 Å². The molecule has 0 saturated carbocycles. The van der Waals surface area contributed by atoms with Crippen molar-refractivity contribution in [3.8, 4) is 0 Å². The van der Waals surface area contributed by atoms with Gasteiger partial charge in [0.15, 0.2) is 0 Å². The lowest BCUT2D eigenvalue weighted by Crippen LogP contribution is -1.89. The quantitative estimate of drug-likeness (QED) is 0.145. The molecule has 8 heteroatoms. The van der Waals surface area contributed by atoms with Gasteiger partial charge in [0.25, 0.3) is 0 Å². The summed E-state index contributed by atoms with van der Waals surface area (Å²) >= 11 is 0. The largest absolute Gasteiger partial charge is 0.348 e. The summed E-state index contributed by atoms with van der Waals surface area (Å²) in [5.41, 5.74) is 31.2. The van der Waals surface area contributed by atoms with E-state index in [1.54, 1.807) is 0 Å². The molecular formula is C103H150N8. The van der Waals surface area contributed by atoms with Crippen molar-refractivity contribution in [2.45, 2.75) is 215 Å². The first-order chi connectivity index (χ1) is 53.3. The Kier molecular flexibility index (Phi) is 44.7. The Morgan fingerprint density at radius 2 is 0.279 bits per heavy atom. The zero-order valence-electron chi connectivity index (χ0n) is 77.1. The highest BCUT2D eigenvalue weighted by atomic mass is 15.0. The van der Waals surface area contributed by atoms with Gasteiger partial charge in [-0.1, -0.05) is 256 Å². The second-order valence-corrected chi connectivity index (χ2v) is 25.9. The molecule has 111 heavy (non-hydrogen) atoms. The van der Waals surface area contributed by atoms with E-state index >= 15 is 0 Å². The van der Waals surface area contributed by atoms with Gasteiger partial charge >= 0.3 is 0 Å². The van der Waals surface area contributed by atoms with Crippen LogP contribution in [0.1, 0.15) is 195 Å². The van der Waals surface area contributed by atoms with Crippen LogP contribution in [0.2, 0.25) is 0 Å². The molecule has 0 aliphatic heterocycles. The second-order valence-electron chi connectivity index (χ2n) is 25.9. The van der Waals surface area contributed by atoms with Crippen LogP contribution in [0, 0.1) is 104 Å². The molecule has 0 atom stereocenters. The third kappa shape index (κ3) is 23.6. The molecule has 0 unspecified atom stereocenters. The van der Waals surface area contributed by atoms with Gasteiger partial charge in [-0.15, -0.1) is 0 Å². The third-order valence-electron chi connectivity index (χ3n) is 21.2. The van der Waals surface area contributed by atoms with E-state index < -0.39 is 0 Å². The van der Waals surface area contributed by atoms with Gasteiger partial charge in [-0.05, 0) is 203 Å². The first kappa shape index (κ1) is 99.1. The molecule has 0 radical (unpaired) electrons. The van der Waals surface area contributed by atoms with E-state index in [4.69, 9.17) is 0 Å². The molecule has 0 N–H and O–H groups in total. The smallest absolute Gasteiger partial charge is 0.0482 e. The molecule has 16 rings (SSSR count). The Hall–Kier alpha value is -9.92. The van der Waals surface area contributed by atoms with Crippen molar-refractivity contribution >= 4 is 87.2 Å². The summed E-state index contributed by atoms with van der Waals surface area (Å²) in [4.78, 5) is 0. The van der Waals surface area contributed by atoms with Crippen LogP contribution in [0.5, 0.6) is 0 Å². The van der Waals surface area contributed by atoms with E-state index in [-0.39, 0.29) is 0 Å². The summed E-state index contributed by atoms with van der Waals surface area (Å²) < 4.78 is 17.9. The number of aryl methyl sites for hydroxylation is 16. The van der Waals surface area contributed by atoms with Crippen molar-refractivity contribution < 1.29 is 0 Å². The fourth-order valence-corrected chi connectivity index (χ4v) is 13.4. The van der Waals surface area contributed by atoms with Crippen LogP contribution in [0.3, 0.4) is 0 Å². The number of hydrogen-bond donors (Lipinski definition) is 0. The lowest BCUT2D eigenvalue weighted by atomic mass is 10.2. The molecule has 0 saturated heterocycles. The lowest BCUT2D eigenvalue weighted by molar-refractivity contribution is 0.910. The van der Waals surface area contributed by atoms with E-state index in [1.165, 1.54) is 172 Å². The van der Waals surface area contributed by atoms with Crippen LogP contribution in [-0.4, -0.2) is 36.5 Å². The van der Waals surface area contributed by atoms with E-state index in [9.17, 15) is 0 Å². The van der Waals surface area contributed by atoms with E-state index in [0.717, 1.165) is 0 Å². The second kappa shape index (κ2) is 50.1. The number of para-hydroxylation sites is 8. The predicted molar refractivity (Wildman–Crippen MR) is 505 cm³/mol. The molecule has 0 fully saturated rings. The number of nitrogens with zero attached hydrogens (tertiary/aromatic N) is 8. The van der Waals surface area contributed by atoms with Gasteiger partial charge in [0.05, 0.1) is 0 Å². The van der Waals surface area contributed by atoms with Gasteiger partial charge in [-0.2, -0.15) is 0 Å². The maximum atomic E-state index is 2.24. The van der Waals surface area contributed by atoms with Gasteiger partial charge in [0, 0.05) is 184 Å². The summed E-state index contributed by atoms with van der Waals surface area (Å²) in [6, 6.07) is 70.2. The topological polar surface area (TPSA) is 39.4 Å². The van der Waals surface area contributed by atoms with Crippen LogP contribution in [0.4, 0.5) is 0 Å². The fraction of sp³-hybridized carbons (Fsp3) is 0.379. The van der Waals surface area contributed by atoms with Crippen LogP contribution >= 0.6 is 0 Å². The van der Waals surface area contributed by atoms with Crippen molar-refractivity contribution in [1.82, 2.24) is 36.5 Å². The molecule has 0 bridgehead atoms. The third-order valence-corrected chi connectivity index (χ3v) is 21.2. The number of fused-ring (bicyclic) bond motifs is 8. The van der Waals surface area contributed by atoms with Crippen molar-refractivity contribution in [3.05, 3.63) is 285 Å². The van der Waals surface area contributed by atoms with Crippen LogP contribution < -0.4 is 0 Å². The average Bonchev–Trinajstić information content (AvgIpc) is 1.72. The number of aromatic nitrogens is 8. The van der Waals surface area contributed by atoms with E-state index in [1.807, 2.05) is 111 Å². The zero-order valence-corrected chi connectivity index (χ0v) is 77.1. The minimum atomic E-state index is 1.31. The molecule has 0 amide bonds. The molecule has 8 nitrogen and oxygen atoms in total. The van der Waals surface area contributed by atoms with Crippen molar-refractivity contribution in [2.75, 3.05) is 0 Å². The summed E-state index contributed by atoms with van der Waals surface area (Å²) in [6.07, 6.45) is 0. The minimum absolute atomic E-state index is 1.31. The maximum Gasteiger partial charge on any atom is 0.0482 e. The first-order valence-corrected chi connectivity index (χ1v) is 41.4. The van der Waals surface area contributed by atoms with Gasteiger partial charge < -0.3 is 36.5 Å². The summed E-state index contributed by atoms with van der Waals surface area (Å²) in [7, 11) is 16.9. The van der Waals surface area contributed by atoms with E-state index in [0.29, 0.717) is 0 Å². The van der Waals surface area contributed by atoms with Crippen molar-refractivity contribution in [1.29, 1.82) is 0 Å². The molecule has 0 aliphatic carbocycles. The Bertz CT molecular complexity index is 4250. The fourth-order valence-electron chi connectivity index (χ4n) is 13.4. The van der Waals surface area contributed by atoms with Gasteiger partial charge in [-0.3, -0.25) is 0 Å². The van der Waals surface area contributed by atoms with Gasteiger partial charge in [-0.25, -0.2) is 0 Å². The maximum absolute atomic E-state index is 2.24. The average molecular weight is 1500 g/mol. The van der Waals surface area contributed by atoms with E-state index in [2.05, 4.69) is 397 Å². The highest BCUT2D eigenvalue weighted by molar-refractivity contribution is 5.90. The normalized spacial score (nSPS) is 9.76. The lowest BCUT2D eigenvalue weighted by Gasteiger charge is -1.96. The van der Waals surface area contributed by atoms with Crippen molar-refractivity contribution in [2.24, 2.45) is 56.4 Å². The zero-order chi connectivity index (χ0) is 84.9. The van der Waals surface area contributed by atoms with Crippen LogP contribution in [-0.2, 0) is 56.4 Å². The highest BCUT2D eigenvalue weighted by Gasteiger charge is 2.12. The molecule has 8 aromatic heterocycles. The molecule has 8 aromatic carbocycles. The van der Waals surface area contributed by atoms with Gasteiger partial charge in [0.1, 0.15) is 0 Å². The Balaban J connectivity index is 0.000000617. The predicted octanol–water partition coefficient (Wildman–Crippen LogP) is 30.3. The summed E-state index contributed by atoms with van der Waals surface area (Å²) in [6.45, 7) is 64.5. The highest BCUT2D eigenvalue weighted by Crippen LogP contribution is 2.29. The minimum Gasteiger partial charge on any atom is -0.348 e. The molecule has 0 aliphatic rings. The number of rotatable bonds is 0. The van der Waals surface area contributed by atoms with Crippen molar-refractivity contribution in [3.63, 3.8) is 0 Å². The van der Waals surface area contributed by atoms with Gasteiger partial charge in [0.2, 0.25) is 0 Å². The molecule has 8 heterocycles. The Morgan fingerprint density at radius 1 is 0.153 bits per heavy atom. The number of benzene rings is 8. The standard InChI is InChI=1S/7C11H13N.C10H11N.8C2H6/c7*1-8-9(2)12(3)11-7-5-4-6-10(8)11;1-8-7-9-5-3-4-6-10(9)11(8)2;8*1-2/h7*4-7H,1-3H3;3-7H,1-2H3;8*1-2H3. The monoisotopic (exact) mass is 1500 g/mol. The summed E-state index contributed by atoms with van der Waals surface area (Å²) in [5.74, 6) is 0. The molecular weight excluding hydrogens is 1350 g/mol. The molecule has 0 spiro atoms. The first-order valence-electron chi connectivity index (χ1n) is 41.4. The Labute approximate surface area is 675 Å². The SMILES string of the molecule is CC.CC.CC.CC.CC.CC.CC.CC.Cc1c(C)n(C)c2ccccc12.Cc1c(C)n(C)c2ccccc12.Cc1c(C)n(C)c2ccccc12.Cc1c(C)n(C)c2ccccc12.Cc1c(C)n(C)c2ccccc12.Cc1c(C)n(C)c2ccccc12.Cc1c(C)n(C)c2ccccc12.Cc1cc2ccccc2n1C. The number of hydrogen-bond acceptors (Lipinski definition) is 0. The summed E-state index contributed by atoms with van der Waals surface area (Å²) in [5, 5.41) is 10.9. The molecule has 602 valence electrons. The van der Waals surface area contributed by atoms with Crippen LogP contribution in [0.25, 0.3) is 87.2 Å². The Morgan fingerprint density at radius 3 is 0.414 bits per heavy atom. The molecule has 16 aromatic rings.